The molecule has 0 unspecified atom stereocenters. The maximum absolute atomic E-state index is 14.4. The number of Topliss-reactive ketones (excluding diaryl/α,β-unsaturated/α-hetero) is 1. The normalized spacial score (nSPS) is 21.0. The SMILES string of the molecule is O=C(CN(C(=O)c1ccc(Cl)c(Cl)c1)N1C(=O)[C@@H]2C3c4ccccc4C(c4ccccc43)[C@@H]2C1=O)c1ccc([N+](=O)[O-])cc1. The highest BCUT2D eigenvalue weighted by atomic mass is 35.5. The molecular weight excluding hydrogens is 605 g/mol. The van der Waals surface area contributed by atoms with Gasteiger partial charge in [-0.2, -0.15) is 5.01 Å². The number of carbonyl (C=O) groups excluding carboxylic acids is 4. The molecule has 4 aliphatic rings. The van der Waals surface area contributed by atoms with E-state index in [9.17, 15) is 29.3 Å². The quantitative estimate of drug-likeness (QED) is 0.112. The van der Waals surface area contributed by atoms with E-state index >= 15 is 0 Å². The minimum Gasteiger partial charge on any atom is -0.292 e. The number of non-ortho nitro benzene ring substituents is 1. The van der Waals surface area contributed by atoms with Gasteiger partial charge in [-0.05, 0) is 52.6 Å². The van der Waals surface area contributed by atoms with Gasteiger partial charge in [-0.15, -0.1) is 0 Å². The van der Waals surface area contributed by atoms with Crippen LogP contribution in [-0.4, -0.2) is 45.0 Å². The van der Waals surface area contributed by atoms with Crippen molar-refractivity contribution in [2.45, 2.75) is 11.8 Å². The zero-order valence-electron chi connectivity index (χ0n) is 22.7. The van der Waals surface area contributed by atoms with Gasteiger partial charge < -0.3 is 0 Å². The van der Waals surface area contributed by atoms with Crippen LogP contribution in [0.15, 0.2) is 91.0 Å². The Morgan fingerprint density at radius 2 is 1.20 bits per heavy atom. The molecule has 2 bridgehead atoms. The molecule has 3 amide bonds. The highest BCUT2D eigenvalue weighted by molar-refractivity contribution is 6.42. The molecule has 44 heavy (non-hydrogen) atoms. The van der Waals surface area contributed by atoms with Crippen molar-refractivity contribution in [2.75, 3.05) is 6.54 Å². The molecule has 1 heterocycles. The molecule has 0 N–H and O–H groups in total. The fourth-order valence-electron chi connectivity index (χ4n) is 6.91. The second kappa shape index (κ2) is 10.4. The zero-order valence-corrected chi connectivity index (χ0v) is 24.2. The van der Waals surface area contributed by atoms with Crippen molar-refractivity contribution in [3.8, 4) is 0 Å². The first-order chi connectivity index (χ1) is 21.2. The molecule has 0 saturated carbocycles. The number of benzene rings is 4. The highest BCUT2D eigenvalue weighted by Crippen LogP contribution is 2.61. The van der Waals surface area contributed by atoms with Gasteiger partial charge in [0.15, 0.2) is 5.78 Å². The fraction of sp³-hybridized carbons (Fsp3) is 0.152. The lowest BCUT2D eigenvalue weighted by molar-refractivity contribution is -0.384. The fourth-order valence-corrected chi connectivity index (χ4v) is 7.21. The summed E-state index contributed by atoms with van der Waals surface area (Å²) < 4.78 is 0. The number of rotatable bonds is 6. The summed E-state index contributed by atoms with van der Waals surface area (Å²) in [5, 5.41) is 13.1. The summed E-state index contributed by atoms with van der Waals surface area (Å²) in [6, 6.07) is 24.5. The molecule has 1 aliphatic heterocycles. The van der Waals surface area contributed by atoms with Crippen molar-refractivity contribution in [2.24, 2.45) is 11.8 Å². The number of imide groups is 1. The van der Waals surface area contributed by atoms with E-state index in [1.807, 2.05) is 48.5 Å². The van der Waals surface area contributed by atoms with Crippen molar-refractivity contribution >= 4 is 52.4 Å². The zero-order chi connectivity index (χ0) is 30.9. The molecule has 3 aliphatic carbocycles. The summed E-state index contributed by atoms with van der Waals surface area (Å²) in [5.74, 6) is -4.98. The van der Waals surface area contributed by atoms with E-state index in [0.29, 0.717) is 0 Å². The second-order valence-corrected chi connectivity index (χ2v) is 11.8. The van der Waals surface area contributed by atoms with Crippen LogP contribution in [0.25, 0.3) is 0 Å². The largest absolute Gasteiger partial charge is 0.292 e. The van der Waals surface area contributed by atoms with Gasteiger partial charge in [0.05, 0.1) is 26.8 Å². The molecule has 0 aromatic heterocycles. The van der Waals surface area contributed by atoms with Crippen molar-refractivity contribution in [3.63, 3.8) is 0 Å². The number of hydrazine groups is 1. The van der Waals surface area contributed by atoms with Crippen LogP contribution in [0.5, 0.6) is 0 Å². The molecule has 1 saturated heterocycles. The first-order valence-corrected chi connectivity index (χ1v) is 14.5. The maximum atomic E-state index is 14.4. The Balaban J connectivity index is 1.32. The van der Waals surface area contributed by atoms with Crippen LogP contribution < -0.4 is 0 Å². The standard InChI is InChI=1S/C33H21Cl2N3O6/c34-24-14-11-18(15-25(24)35)31(40)36(16-26(39)17-9-12-19(13-10-17)38(43)44)37-32(41)29-27-20-5-1-2-6-21(20)28(30(29)33(37)42)23-8-4-3-7-22(23)27/h1-15,27-30H,16H2/t27?,28?,29-,30+. The van der Waals surface area contributed by atoms with Gasteiger partial charge in [0.1, 0.15) is 6.54 Å². The molecule has 4 aromatic rings. The monoisotopic (exact) mass is 625 g/mol. The van der Waals surface area contributed by atoms with Gasteiger partial charge in [-0.3, -0.25) is 29.3 Å². The predicted molar refractivity (Wildman–Crippen MR) is 160 cm³/mol. The molecule has 2 atom stereocenters. The summed E-state index contributed by atoms with van der Waals surface area (Å²) in [6.07, 6.45) is 0. The van der Waals surface area contributed by atoms with E-state index in [-0.39, 0.29) is 26.9 Å². The lowest BCUT2D eigenvalue weighted by atomic mass is 9.55. The molecular formula is C33H21Cl2N3O6. The number of nitro benzene ring substituents is 1. The van der Waals surface area contributed by atoms with E-state index in [1.54, 1.807) is 0 Å². The Bertz CT molecular complexity index is 1810. The predicted octanol–water partition coefficient (Wildman–Crippen LogP) is 6.03. The topological polar surface area (TPSA) is 118 Å². The summed E-state index contributed by atoms with van der Waals surface area (Å²) in [5.41, 5.74) is 3.72. The van der Waals surface area contributed by atoms with Crippen LogP contribution in [0.3, 0.4) is 0 Å². The minimum atomic E-state index is -0.804. The van der Waals surface area contributed by atoms with E-state index in [2.05, 4.69) is 0 Å². The Hall–Kier alpha value is -4.86. The number of nitro groups is 1. The molecule has 0 radical (unpaired) electrons. The number of halogens is 2. The van der Waals surface area contributed by atoms with Gasteiger partial charge in [0, 0.05) is 35.1 Å². The molecule has 1 fully saturated rings. The lowest BCUT2D eigenvalue weighted by Crippen LogP contribution is -2.52. The molecule has 4 aromatic carbocycles. The van der Waals surface area contributed by atoms with Crippen molar-refractivity contribution < 1.29 is 24.1 Å². The van der Waals surface area contributed by atoms with Gasteiger partial charge in [0.25, 0.3) is 23.4 Å². The van der Waals surface area contributed by atoms with Crippen molar-refractivity contribution in [1.82, 2.24) is 10.0 Å². The van der Waals surface area contributed by atoms with Crippen LogP contribution in [0.1, 0.15) is 54.8 Å². The van der Waals surface area contributed by atoms with Gasteiger partial charge >= 0.3 is 0 Å². The van der Waals surface area contributed by atoms with E-state index in [4.69, 9.17) is 23.2 Å². The smallest absolute Gasteiger partial charge is 0.273 e. The van der Waals surface area contributed by atoms with E-state index in [0.717, 1.165) is 32.3 Å². The average Bonchev–Trinajstić information content (AvgIpc) is 3.30. The number of ketones is 1. The first kappa shape index (κ1) is 27.9. The first-order valence-electron chi connectivity index (χ1n) is 13.8. The van der Waals surface area contributed by atoms with Crippen LogP contribution in [-0.2, 0) is 9.59 Å². The molecule has 8 rings (SSSR count). The van der Waals surface area contributed by atoms with Crippen molar-refractivity contribution in [3.05, 3.63) is 145 Å². The van der Waals surface area contributed by atoms with Crippen LogP contribution in [0, 0.1) is 22.0 Å². The second-order valence-electron chi connectivity index (χ2n) is 11.0. The third-order valence-corrected chi connectivity index (χ3v) is 9.50. The molecule has 9 nitrogen and oxygen atoms in total. The van der Waals surface area contributed by atoms with Gasteiger partial charge in [-0.25, -0.2) is 5.01 Å². The summed E-state index contributed by atoms with van der Waals surface area (Å²) in [6.45, 7) is -0.678. The molecule has 218 valence electrons. The van der Waals surface area contributed by atoms with E-state index < -0.39 is 58.6 Å². The van der Waals surface area contributed by atoms with Crippen LogP contribution >= 0.6 is 23.2 Å². The number of amides is 3. The van der Waals surface area contributed by atoms with E-state index in [1.165, 1.54) is 42.5 Å². The third-order valence-electron chi connectivity index (χ3n) is 8.76. The number of hydrogen-bond donors (Lipinski definition) is 0. The van der Waals surface area contributed by atoms with Crippen molar-refractivity contribution in [1.29, 1.82) is 0 Å². The summed E-state index contributed by atoms with van der Waals surface area (Å²) in [4.78, 5) is 66.8. The minimum absolute atomic E-state index is 0.0147. The number of nitrogens with zero attached hydrogens (tertiary/aromatic N) is 3. The van der Waals surface area contributed by atoms with Crippen LogP contribution in [0.2, 0.25) is 10.0 Å². The van der Waals surface area contributed by atoms with Gasteiger partial charge in [0.2, 0.25) is 0 Å². The molecule has 0 spiro atoms. The van der Waals surface area contributed by atoms with Crippen LogP contribution in [0.4, 0.5) is 5.69 Å². The third kappa shape index (κ3) is 4.15. The Labute approximate surface area is 260 Å². The Morgan fingerprint density at radius 1 is 0.727 bits per heavy atom. The summed E-state index contributed by atoms with van der Waals surface area (Å²) in [7, 11) is 0. The number of hydrogen-bond acceptors (Lipinski definition) is 6. The summed E-state index contributed by atoms with van der Waals surface area (Å²) >= 11 is 12.3. The maximum Gasteiger partial charge on any atom is 0.273 e. The Morgan fingerprint density at radius 3 is 1.66 bits per heavy atom. The lowest BCUT2D eigenvalue weighted by Gasteiger charge is -2.45. The highest BCUT2D eigenvalue weighted by Gasteiger charge is 2.63. The Kier molecular flexibility index (Phi) is 6.60. The average molecular weight is 626 g/mol. The molecule has 11 heteroatoms. The van der Waals surface area contributed by atoms with Gasteiger partial charge in [-0.1, -0.05) is 71.7 Å². The number of carbonyl (C=O) groups is 4.